The van der Waals surface area contributed by atoms with E-state index in [2.05, 4.69) is 17.2 Å². The van der Waals surface area contributed by atoms with Crippen molar-refractivity contribution in [2.24, 2.45) is 5.92 Å². The van der Waals surface area contributed by atoms with Crippen molar-refractivity contribution in [1.29, 1.82) is 0 Å². The topological polar surface area (TPSA) is 88.6 Å². The number of likely N-dealkylation sites (tertiary alicyclic amines) is 1. The van der Waals surface area contributed by atoms with Gasteiger partial charge in [0.25, 0.3) is 11.8 Å². The van der Waals surface area contributed by atoms with Gasteiger partial charge in [-0.25, -0.2) is 4.98 Å². The van der Waals surface area contributed by atoms with Crippen LogP contribution in [0, 0.1) is 12.8 Å². The smallest absolute Gasteiger partial charge is 0.276 e. The molecule has 2 aromatic heterocycles. The summed E-state index contributed by atoms with van der Waals surface area (Å²) in [6.45, 7) is 5.53. The maximum Gasteiger partial charge on any atom is 0.276 e. The maximum atomic E-state index is 12.6. The van der Waals surface area contributed by atoms with E-state index in [1.807, 2.05) is 4.90 Å². The molecule has 3 rings (SSSR count). The molecule has 0 spiro atoms. The number of nitrogens with one attached hydrogen (secondary N) is 1. The molecule has 1 N–H and O–H groups in total. The van der Waals surface area contributed by atoms with Crippen LogP contribution in [0.15, 0.2) is 27.4 Å². The summed E-state index contributed by atoms with van der Waals surface area (Å²) in [5.41, 5.74) is 0.758. The van der Waals surface area contributed by atoms with Crippen molar-refractivity contribution >= 4 is 11.8 Å². The van der Waals surface area contributed by atoms with Gasteiger partial charge in [-0.1, -0.05) is 6.92 Å². The number of carbonyl (C=O) groups excluding carboxylic acids is 2. The van der Waals surface area contributed by atoms with Crippen LogP contribution in [-0.2, 0) is 6.54 Å². The molecule has 0 atom stereocenters. The number of aryl methyl sites for hydroxylation is 1. The molecule has 2 amide bonds. The Labute approximate surface area is 140 Å². The second-order valence-corrected chi connectivity index (χ2v) is 6.18. The Hall–Kier alpha value is -2.57. The maximum absolute atomic E-state index is 12.6. The lowest BCUT2D eigenvalue weighted by Gasteiger charge is -2.29. The van der Waals surface area contributed by atoms with Crippen molar-refractivity contribution in [1.82, 2.24) is 15.2 Å². The van der Waals surface area contributed by atoms with E-state index in [9.17, 15) is 9.59 Å². The van der Waals surface area contributed by atoms with Crippen LogP contribution < -0.4 is 5.32 Å². The normalized spacial score (nSPS) is 15.5. The van der Waals surface area contributed by atoms with E-state index in [1.165, 1.54) is 12.5 Å². The highest BCUT2D eigenvalue weighted by atomic mass is 16.4. The molecule has 0 radical (unpaired) electrons. The van der Waals surface area contributed by atoms with E-state index >= 15 is 0 Å². The molecule has 128 valence electrons. The Morgan fingerprint density at radius 2 is 2.12 bits per heavy atom. The Kier molecular flexibility index (Phi) is 4.69. The second kappa shape index (κ2) is 6.90. The van der Waals surface area contributed by atoms with Crippen LogP contribution in [0.1, 0.15) is 52.3 Å². The molecule has 24 heavy (non-hydrogen) atoms. The average molecular weight is 331 g/mol. The number of amides is 2. The highest BCUT2D eigenvalue weighted by molar-refractivity contribution is 5.94. The summed E-state index contributed by atoms with van der Waals surface area (Å²) < 4.78 is 10.4. The summed E-state index contributed by atoms with van der Waals surface area (Å²) in [6.07, 6.45) is 4.81. The Bertz CT molecular complexity index is 712. The zero-order valence-electron chi connectivity index (χ0n) is 13.9. The second-order valence-electron chi connectivity index (χ2n) is 6.18. The zero-order valence-corrected chi connectivity index (χ0v) is 13.9. The van der Waals surface area contributed by atoms with Gasteiger partial charge in [0.2, 0.25) is 5.89 Å². The lowest BCUT2D eigenvalue weighted by Crippen LogP contribution is -2.38. The Morgan fingerprint density at radius 3 is 2.79 bits per heavy atom. The molecule has 7 nitrogen and oxygen atoms in total. The number of aromatic nitrogens is 1. The molecule has 0 aromatic carbocycles. The lowest BCUT2D eigenvalue weighted by molar-refractivity contribution is 0.0690. The molecular formula is C17H21N3O4. The zero-order chi connectivity index (χ0) is 17.1. The van der Waals surface area contributed by atoms with Crippen LogP contribution in [0.3, 0.4) is 0 Å². The predicted molar refractivity (Wildman–Crippen MR) is 85.4 cm³/mol. The number of oxazole rings is 1. The number of rotatable bonds is 4. The van der Waals surface area contributed by atoms with Crippen LogP contribution in [-0.4, -0.2) is 34.8 Å². The third kappa shape index (κ3) is 3.50. The largest absolute Gasteiger partial charge is 0.472 e. The highest BCUT2D eigenvalue weighted by Gasteiger charge is 2.26. The Morgan fingerprint density at radius 1 is 1.38 bits per heavy atom. The van der Waals surface area contributed by atoms with Gasteiger partial charge in [-0.3, -0.25) is 9.59 Å². The summed E-state index contributed by atoms with van der Waals surface area (Å²) in [5.74, 6) is 1.07. The first kappa shape index (κ1) is 16.3. The van der Waals surface area contributed by atoms with Gasteiger partial charge in [-0.15, -0.1) is 0 Å². The van der Waals surface area contributed by atoms with Gasteiger partial charge in [-0.05, 0) is 31.7 Å². The fourth-order valence-electron chi connectivity index (χ4n) is 2.74. The lowest BCUT2D eigenvalue weighted by atomic mass is 9.99. The van der Waals surface area contributed by atoms with Gasteiger partial charge in [-0.2, -0.15) is 0 Å². The summed E-state index contributed by atoms with van der Waals surface area (Å²) >= 11 is 0. The minimum absolute atomic E-state index is 0.101. The first-order chi connectivity index (χ1) is 11.5. The Balaban J connectivity index is 1.62. The van der Waals surface area contributed by atoms with Gasteiger partial charge < -0.3 is 19.1 Å². The van der Waals surface area contributed by atoms with Crippen molar-refractivity contribution in [2.75, 3.05) is 13.1 Å². The molecule has 1 saturated heterocycles. The minimum atomic E-state index is -0.280. The molecule has 1 fully saturated rings. The first-order valence-electron chi connectivity index (χ1n) is 8.10. The predicted octanol–water partition coefficient (Wildman–Crippen LogP) is 2.38. The minimum Gasteiger partial charge on any atom is -0.472 e. The highest BCUT2D eigenvalue weighted by Crippen LogP contribution is 2.19. The van der Waals surface area contributed by atoms with E-state index in [4.69, 9.17) is 8.83 Å². The summed E-state index contributed by atoms with van der Waals surface area (Å²) in [4.78, 5) is 30.5. The van der Waals surface area contributed by atoms with Crippen molar-refractivity contribution < 1.29 is 18.4 Å². The number of carbonyl (C=O) groups is 2. The molecule has 2 aromatic rings. The van der Waals surface area contributed by atoms with E-state index in [1.54, 1.807) is 13.0 Å². The van der Waals surface area contributed by atoms with Gasteiger partial charge in [0.15, 0.2) is 5.69 Å². The number of hydrogen-bond donors (Lipinski definition) is 1. The van der Waals surface area contributed by atoms with Crippen molar-refractivity contribution in [2.45, 2.75) is 33.2 Å². The molecular weight excluding hydrogens is 310 g/mol. The molecule has 3 heterocycles. The molecule has 0 saturated carbocycles. The standard InChI is InChI=1S/C17H21N3O4/c1-11-3-6-20(7-4-11)17(22)15-12(2)24-14(19-15)9-18-16(21)13-5-8-23-10-13/h5,8,10-11H,3-4,6-7,9H2,1-2H3,(H,18,21). The SMILES string of the molecule is Cc1oc(CNC(=O)c2ccoc2)nc1C(=O)N1CCC(C)CC1. The van der Waals surface area contributed by atoms with Crippen LogP contribution in [0.2, 0.25) is 0 Å². The number of hydrogen-bond acceptors (Lipinski definition) is 5. The van der Waals surface area contributed by atoms with Gasteiger partial charge in [0.05, 0.1) is 18.4 Å². The summed E-state index contributed by atoms with van der Waals surface area (Å²) in [5, 5.41) is 2.69. The van der Waals surface area contributed by atoms with E-state index < -0.39 is 0 Å². The van der Waals surface area contributed by atoms with Gasteiger partial charge >= 0.3 is 0 Å². The number of furan rings is 1. The molecule has 0 aliphatic carbocycles. The quantitative estimate of drug-likeness (QED) is 0.929. The van der Waals surface area contributed by atoms with Gasteiger partial charge in [0.1, 0.15) is 12.0 Å². The van der Waals surface area contributed by atoms with E-state index in [0.717, 1.165) is 25.9 Å². The van der Waals surface area contributed by atoms with Gasteiger partial charge in [0, 0.05) is 13.1 Å². The van der Waals surface area contributed by atoms with Crippen molar-refractivity contribution in [3.05, 3.63) is 41.5 Å². The average Bonchev–Trinajstić information content (AvgIpc) is 3.22. The molecule has 0 unspecified atom stereocenters. The monoisotopic (exact) mass is 331 g/mol. The van der Waals surface area contributed by atoms with Crippen LogP contribution >= 0.6 is 0 Å². The fraction of sp³-hybridized carbons (Fsp3) is 0.471. The van der Waals surface area contributed by atoms with E-state index in [-0.39, 0.29) is 18.4 Å². The van der Waals surface area contributed by atoms with E-state index in [0.29, 0.717) is 28.8 Å². The molecule has 1 aliphatic heterocycles. The third-order valence-corrected chi connectivity index (χ3v) is 4.30. The molecule has 7 heteroatoms. The van der Waals surface area contributed by atoms with Crippen molar-refractivity contribution in [3.63, 3.8) is 0 Å². The van der Waals surface area contributed by atoms with Crippen LogP contribution in [0.5, 0.6) is 0 Å². The fourth-order valence-corrected chi connectivity index (χ4v) is 2.74. The third-order valence-electron chi connectivity index (χ3n) is 4.30. The molecule has 0 bridgehead atoms. The van der Waals surface area contributed by atoms with Crippen molar-refractivity contribution in [3.8, 4) is 0 Å². The summed E-state index contributed by atoms with van der Waals surface area (Å²) in [6, 6.07) is 1.57. The first-order valence-corrected chi connectivity index (χ1v) is 8.10. The van der Waals surface area contributed by atoms with Crippen LogP contribution in [0.25, 0.3) is 0 Å². The number of piperidine rings is 1. The molecule has 1 aliphatic rings. The number of nitrogens with zero attached hydrogens (tertiary/aromatic N) is 2. The summed E-state index contributed by atoms with van der Waals surface area (Å²) in [7, 11) is 0. The van der Waals surface area contributed by atoms with Crippen LogP contribution in [0.4, 0.5) is 0 Å².